The maximum Gasteiger partial charge on any atom is 0.393 e. The van der Waals surface area contributed by atoms with Gasteiger partial charge in [0.2, 0.25) is 9.84 Å². The van der Waals surface area contributed by atoms with Gasteiger partial charge in [-0.25, -0.2) is 12.8 Å². The predicted molar refractivity (Wildman–Crippen MR) is 93.2 cm³/mol. The molecule has 0 radical (unpaired) electrons. The molecule has 0 aliphatic rings. The number of nitro groups is 2. The van der Waals surface area contributed by atoms with Crippen molar-refractivity contribution in [3.8, 4) is 0 Å². The molecule has 8 nitrogen and oxygen atoms in total. The molecule has 0 heterocycles. The molecule has 0 saturated carbocycles. The van der Waals surface area contributed by atoms with Gasteiger partial charge in [0.25, 0.3) is 17.0 Å². The average molecular weight is 457 g/mol. The number of non-ortho nitro benzene ring substituents is 1. The normalized spacial score (nSPS) is 13.1. The molecule has 0 spiro atoms. The minimum absolute atomic E-state index is 0.121. The molecule has 2 aromatic rings. The van der Waals surface area contributed by atoms with Crippen molar-refractivity contribution in [3.05, 3.63) is 62.7 Å². The van der Waals surface area contributed by atoms with Crippen molar-refractivity contribution < 1.29 is 31.4 Å². The maximum atomic E-state index is 13.6. The van der Waals surface area contributed by atoms with Crippen LogP contribution < -0.4 is 0 Å². The van der Waals surface area contributed by atoms with Crippen molar-refractivity contribution in [1.29, 1.82) is 0 Å². The summed E-state index contributed by atoms with van der Waals surface area (Å²) in [5.41, 5.74) is -4.60. The molecular weight excluding hydrogens is 449 g/mol. The minimum Gasteiger partial charge on any atom is -0.258 e. The smallest absolute Gasteiger partial charge is 0.258 e. The average Bonchev–Trinajstić information content (AvgIpc) is 2.61. The Morgan fingerprint density at radius 3 is 2.07 bits per heavy atom. The van der Waals surface area contributed by atoms with E-state index in [4.69, 9.17) is 0 Å². The standard InChI is InChI=1S/C14H8ClF3N2O6S2/c15-13(16)14(17,18)28(25,26)10-5-6-12(11(7-10)20(23)24)27-9-3-1-8(2-4-9)19(21)22/h1-7,13H. The van der Waals surface area contributed by atoms with Gasteiger partial charge in [0, 0.05) is 23.1 Å². The molecule has 2 rings (SSSR count). The zero-order valence-corrected chi connectivity index (χ0v) is 15.7. The fraction of sp³-hybridized carbons (Fsp3) is 0.143. The molecule has 0 bridgehead atoms. The number of hydrogen-bond donors (Lipinski definition) is 0. The lowest BCUT2D eigenvalue weighted by Gasteiger charge is -2.17. The molecule has 14 heteroatoms. The number of halogens is 4. The van der Waals surface area contributed by atoms with Crippen molar-refractivity contribution in [2.75, 3.05) is 0 Å². The zero-order chi connectivity index (χ0) is 21.3. The van der Waals surface area contributed by atoms with Gasteiger partial charge in [-0.3, -0.25) is 20.2 Å². The van der Waals surface area contributed by atoms with Crippen molar-refractivity contribution in [3.63, 3.8) is 0 Å². The van der Waals surface area contributed by atoms with E-state index in [0.29, 0.717) is 17.0 Å². The van der Waals surface area contributed by atoms with E-state index in [1.165, 1.54) is 12.1 Å². The molecular formula is C14H8ClF3N2O6S2. The third-order valence-electron chi connectivity index (χ3n) is 3.33. The maximum absolute atomic E-state index is 13.6. The fourth-order valence-corrected chi connectivity index (χ4v) is 4.25. The van der Waals surface area contributed by atoms with Gasteiger partial charge in [-0.2, -0.15) is 8.78 Å². The Kier molecular flexibility index (Phi) is 6.21. The Morgan fingerprint density at radius 2 is 1.61 bits per heavy atom. The molecule has 0 aliphatic carbocycles. The Morgan fingerprint density at radius 1 is 1.04 bits per heavy atom. The molecule has 2 aromatic carbocycles. The van der Waals surface area contributed by atoms with Crippen molar-refractivity contribution in [2.24, 2.45) is 0 Å². The summed E-state index contributed by atoms with van der Waals surface area (Å²) in [6.45, 7) is 0. The zero-order valence-electron chi connectivity index (χ0n) is 13.3. The second-order valence-corrected chi connectivity index (χ2v) is 8.63. The highest BCUT2D eigenvalue weighted by Crippen LogP contribution is 2.40. The number of nitro benzene ring substituents is 2. The van der Waals surface area contributed by atoms with E-state index in [1.54, 1.807) is 0 Å². The summed E-state index contributed by atoms with van der Waals surface area (Å²) >= 11 is 5.35. The summed E-state index contributed by atoms with van der Waals surface area (Å²) < 4.78 is 63.7. The van der Waals surface area contributed by atoms with Gasteiger partial charge in [0.15, 0.2) is 0 Å². The van der Waals surface area contributed by atoms with Crippen LogP contribution in [0.25, 0.3) is 0 Å². The van der Waals surface area contributed by atoms with E-state index in [2.05, 4.69) is 11.6 Å². The highest BCUT2D eigenvalue weighted by Gasteiger charge is 2.53. The van der Waals surface area contributed by atoms with Gasteiger partial charge < -0.3 is 0 Å². The molecule has 150 valence electrons. The van der Waals surface area contributed by atoms with Gasteiger partial charge in [-0.15, -0.1) is 0 Å². The molecule has 0 amide bonds. The van der Waals surface area contributed by atoms with E-state index < -0.39 is 41.2 Å². The van der Waals surface area contributed by atoms with Crippen molar-refractivity contribution in [1.82, 2.24) is 0 Å². The number of benzene rings is 2. The number of hydrogen-bond acceptors (Lipinski definition) is 7. The van der Waals surface area contributed by atoms with Crippen LogP contribution in [-0.4, -0.2) is 29.1 Å². The van der Waals surface area contributed by atoms with Gasteiger partial charge in [0.1, 0.15) is 0 Å². The minimum atomic E-state index is -5.63. The first-order valence-electron chi connectivity index (χ1n) is 6.99. The summed E-state index contributed by atoms with van der Waals surface area (Å²) in [5.74, 6) is 0. The van der Waals surface area contributed by atoms with Crippen LogP contribution in [0.1, 0.15) is 0 Å². The van der Waals surface area contributed by atoms with Gasteiger partial charge in [-0.05, 0) is 24.3 Å². The van der Waals surface area contributed by atoms with E-state index in [0.717, 1.165) is 30.0 Å². The summed E-state index contributed by atoms with van der Waals surface area (Å²) in [4.78, 5) is 19.3. The first-order valence-corrected chi connectivity index (χ1v) is 9.73. The highest BCUT2D eigenvalue weighted by molar-refractivity contribution is 7.99. The first kappa shape index (κ1) is 21.9. The third-order valence-corrected chi connectivity index (χ3v) is 6.60. The number of sulfone groups is 1. The third kappa shape index (κ3) is 4.20. The molecule has 0 aromatic heterocycles. The Labute approximate surface area is 164 Å². The molecule has 1 atom stereocenters. The van der Waals surface area contributed by atoms with E-state index in [1.807, 2.05) is 0 Å². The summed E-state index contributed by atoms with van der Waals surface area (Å²) in [6.07, 6.45) is 0. The van der Waals surface area contributed by atoms with Crippen molar-refractivity contribution >= 4 is 44.6 Å². The summed E-state index contributed by atoms with van der Waals surface area (Å²) in [5, 5.41) is 16.9. The van der Waals surface area contributed by atoms with Crippen LogP contribution in [0.15, 0.2) is 57.2 Å². The monoisotopic (exact) mass is 456 g/mol. The molecule has 1 unspecified atom stereocenters. The molecule has 28 heavy (non-hydrogen) atoms. The van der Waals surface area contributed by atoms with E-state index in [9.17, 15) is 41.8 Å². The van der Waals surface area contributed by atoms with E-state index >= 15 is 0 Å². The van der Waals surface area contributed by atoms with Gasteiger partial charge >= 0.3 is 5.25 Å². The van der Waals surface area contributed by atoms with Crippen LogP contribution in [0, 0.1) is 20.2 Å². The number of nitrogens with zero attached hydrogens (tertiary/aromatic N) is 2. The second kappa shape index (κ2) is 7.93. The largest absolute Gasteiger partial charge is 0.393 e. The van der Waals surface area contributed by atoms with Crippen LogP contribution in [0.5, 0.6) is 0 Å². The Bertz CT molecular complexity index is 1030. The van der Waals surface area contributed by atoms with Gasteiger partial charge in [0.05, 0.1) is 19.6 Å². The lowest BCUT2D eigenvalue weighted by molar-refractivity contribution is -0.388. The van der Waals surface area contributed by atoms with Crippen molar-refractivity contribution in [2.45, 2.75) is 25.6 Å². The van der Waals surface area contributed by atoms with E-state index in [-0.39, 0.29) is 10.6 Å². The molecule has 0 N–H and O–H groups in total. The van der Waals surface area contributed by atoms with Crippen LogP contribution in [0.3, 0.4) is 0 Å². The van der Waals surface area contributed by atoms with Crippen LogP contribution in [0.4, 0.5) is 24.5 Å². The lowest BCUT2D eigenvalue weighted by atomic mass is 10.3. The van der Waals surface area contributed by atoms with Crippen LogP contribution >= 0.6 is 23.4 Å². The molecule has 0 aliphatic heterocycles. The highest BCUT2D eigenvalue weighted by atomic mass is 35.5. The summed E-state index contributed by atoms with van der Waals surface area (Å²) in [6, 6.07) is 6.82. The first-order chi connectivity index (χ1) is 12.9. The second-order valence-electron chi connectivity index (χ2n) is 5.11. The van der Waals surface area contributed by atoms with Gasteiger partial charge in [-0.1, -0.05) is 23.4 Å². The fourth-order valence-electron chi connectivity index (χ4n) is 1.93. The molecule has 0 fully saturated rings. The SMILES string of the molecule is O=[N+]([O-])c1ccc(Sc2ccc(S(=O)(=O)C(F)(F)C(F)Cl)cc2[N+](=O)[O-])cc1. The summed E-state index contributed by atoms with van der Waals surface area (Å²) in [7, 11) is -5.63. The topological polar surface area (TPSA) is 120 Å². The molecule has 0 saturated heterocycles. The quantitative estimate of drug-likeness (QED) is 0.340. The Hall–Kier alpha value is -2.38. The van der Waals surface area contributed by atoms with Crippen LogP contribution in [-0.2, 0) is 9.84 Å². The Balaban J connectivity index is 2.46. The number of alkyl halides is 4. The lowest BCUT2D eigenvalue weighted by Crippen LogP contribution is -2.36. The number of rotatable bonds is 7. The van der Waals surface area contributed by atoms with Crippen LogP contribution in [0.2, 0.25) is 0 Å². The predicted octanol–water partition coefficient (Wildman–Crippen LogP) is 4.56.